The zero-order chi connectivity index (χ0) is 14.9. The second-order valence-electron chi connectivity index (χ2n) is 5.81. The van der Waals surface area contributed by atoms with E-state index < -0.39 is 10.0 Å². The normalized spacial score (nSPS) is 23.4. The lowest BCUT2D eigenvalue weighted by Gasteiger charge is -2.23. The van der Waals surface area contributed by atoms with Crippen molar-refractivity contribution in [1.29, 1.82) is 0 Å². The predicted octanol–water partition coefficient (Wildman–Crippen LogP) is 2.08. The highest BCUT2D eigenvalue weighted by atomic mass is 32.2. The Hall–Kier alpha value is -0.910. The summed E-state index contributed by atoms with van der Waals surface area (Å²) in [5, 5.41) is 9.84. The van der Waals surface area contributed by atoms with Gasteiger partial charge in [0, 0.05) is 13.6 Å². The Bertz CT molecular complexity index is 583. The summed E-state index contributed by atoms with van der Waals surface area (Å²) in [6.07, 6.45) is 2.28. The Morgan fingerprint density at radius 1 is 1.30 bits per heavy atom. The van der Waals surface area contributed by atoms with Gasteiger partial charge in [0.25, 0.3) is 0 Å². The predicted molar refractivity (Wildman–Crippen MR) is 79.1 cm³/mol. The van der Waals surface area contributed by atoms with Gasteiger partial charge >= 0.3 is 0 Å². The van der Waals surface area contributed by atoms with Gasteiger partial charge in [0.15, 0.2) is 0 Å². The maximum absolute atomic E-state index is 12.6. The van der Waals surface area contributed by atoms with Crippen LogP contribution in [0.4, 0.5) is 0 Å². The van der Waals surface area contributed by atoms with Crippen LogP contribution in [0, 0.1) is 19.8 Å². The number of aryl methyl sites for hydroxylation is 2. The maximum Gasteiger partial charge on any atom is 0.243 e. The van der Waals surface area contributed by atoms with E-state index in [2.05, 4.69) is 0 Å². The molecule has 5 heteroatoms. The molecule has 0 aliphatic heterocycles. The molecule has 0 heterocycles. The van der Waals surface area contributed by atoms with E-state index in [1.54, 1.807) is 13.1 Å². The molecule has 4 nitrogen and oxygen atoms in total. The second kappa shape index (κ2) is 5.84. The molecule has 1 N–H and O–H groups in total. The molecule has 0 aromatic heterocycles. The maximum atomic E-state index is 12.6. The number of aliphatic hydroxyl groups excluding tert-OH is 1. The van der Waals surface area contributed by atoms with Crippen LogP contribution in [-0.2, 0) is 10.0 Å². The van der Waals surface area contributed by atoms with E-state index in [9.17, 15) is 13.5 Å². The highest BCUT2D eigenvalue weighted by Gasteiger charge is 2.31. The third kappa shape index (κ3) is 3.05. The SMILES string of the molecule is Cc1ccc(S(=O)(=O)N(C)CC2CCCC2O)c(C)c1. The summed E-state index contributed by atoms with van der Waals surface area (Å²) in [6, 6.07) is 5.37. The molecule has 0 amide bonds. The Labute approximate surface area is 121 Å². The highest BCUT2D eigenvalue weighted by Crippen LogP contribution is 2.28. The van der Waals surface area contributed by atoms with Crippen molar-refractivity contribution in [2.24, 2.45) is 5.92 Å². The molecule has 1 aliphatic rings. The monoisotopic (exact) mass is 297 g/mol. The van der Waals surface area contributed by atoms with E-state index >= 15 is 0 Å². The van der Waals surface area contributed by atoms with Crippen molar-refractivity contribution in [3.05, 3.63) is 29.3 Å². The smallest absolute Gasteiger partial charge is 0.243 e. The minimum Gasteiger partial charge on any atom is -0.393 e. The molecule has 2 unspecified atom stereocenters. The number of sulfonamides is 1. The van der Waals surface area contributed by atoms with Crippen LogP contribution in [0.25, 0.3) is 0 Å². The van der Waals surface area contributed by atoms with Crippen molar-refractivity contribution in [1.82, 2.24) is 4.31 Å². The van der Waals surface area contributed by atoms with Crippen LogP contribution < -0.4 is 0 Å². The van der Waals surface area contributed by atoms with Crippen LogP contribution in [0.3, 0.4) is 0 Å². The summed E-state index contributed by atoms with van der Waals surface area (Å²) in [4.78, 5) is 0.359. The van der Waals surface area contributed by atoms with Gasteiger partial charge in [-0.3, -0.25) is 0 Å². The number of rotatable bonds is 4. The molecule has 0 bridgehead atoms. The molecule has 0 spiro atoms. The van der Waals surface area contributed by atoms with Crippen LogP contribution in [0.5, 0.6) is 0 Å². The molecule has 2 rings (SSSR count). The molecular weight excluding hydrogens is 274 g/mol. The third-order valence-corrected chi connectivity index (χ3v) is 6.11. The Balaban J connectivity index is 2.20. The molecular formula is C15H23NO3S. The Morgan fingerprint density at radius 3 is 2.55 bits per heavy atom. The van der Waals surface area contributed by atoms with Gasteiger partial charge in [-0.25, -0.2) is 12.7 Å². The second-order valence-corrected chi connectivity index (χ2v) is 7.83. The fourth-order valence-corrected chi connectivity index (χ4v) is 4.34. The van der Waals surface area contributed by atoms with Crippen LogP contribution in [0.2, 0.25) is 0 Å². The number of benzene rings is 1. The molecule has 112 valence electrons. The summed E-state index contributed by atoms with van der Waals surface area (Å²) in [5.41, 5.74) is 1.82. The fraction of sp³-hybridized carbons (Fsp3) is 0.600. The van der Waals surface area contributed by atoms with Gasteiger partial charge in [0.05, 0.1) is 11.0 Å². The molecule has 1 aromatic rings. The lowest BCUT2D eigenvalue weighted by atomic mass is 10.1. The van der Waals surface area contributed by atoms with E-state index in [4.69, 9.17) is 0 Å². The van der Waals surface area contributed by atoms with Gasteiger partial charge in [-0.2, -0.15) is 0 Å². The zero-order valence-corrected chi connectivity index (χ0v) is 13.2. The first-order valence-electron chi connectivity index (χ1n) is 7.04. The summed E-state index contributed by atoms with van der Waals surface area (Å²) in [7, 11) is -1.88. The zero-order valence-electron chi connectivity index (χ0n) is 12.3. The van der Waals surface area contributed by atoms with Crippen LogP contribution in [0.15, 0.2) is 23.1 Å². The summed E-state index contributed by atoms with van der Waals surface area (Å²) < 4.78 is 26.6. The fourth-order valence-electron chi connectivity index (χ4n) is 2.92. The number of aliphatic hydroxyl groups is 1. The quantitative estimate of drug-likeness (QED) is 0.926. The first-order chi connectivity index (χ1) is 9.32. The average Bonchev–Trinajstić information content (AvgIpc) is 2.74. The van der Waals surface area contributed by atoms with Gasteiger partial charge < -0.3 is 5.11 Å². The number of hydrogen-bond donors (Lipinski definition) is 1. The van der Waals surface area contributed by atoms with Gasteiger partial charge in [0.1, 0.15) is 0 Å². The Morgan fingerprint density at radius 2 is 2.00 bits per heavy atom. The molecule has 1 aliphatic carbocycles. The molecule has 1 saturated carbocycles. The molecule has 1 aromatic carbocycles. The van der Waals surface area contributed by atoms with E-state index in [0.717, 1.165) is 30.4 Å². The van der Waals surface area contributed by atoms with E-state index in [0.29, 0.717) is 11.4 Å². The van der Waals surface area contributed by atoms with Crippen molar-refractivity contribution >= 4 is 10.0 Å². The van der Waals surface area contributed by atoms with Gasteiger partial charge in [-0.05, 0) is 44.2 Å². The lowest BCUT2D eigenvalue weighted by Crippen LogP contribution is -2.34. The van der Waals surface area contributed by atoms with Gasteiger partial charge in [-0.15, -0.1) is 0 Å². The molecule has 1 fully saturated rings. The van der Waals surface area contributed by atoms with E-state index in [1.165, 1.54) is 4.31 Å². The van der Waals surface area contributed by atoms with E-state index in [-0.39, 0.29) is 12.0 Å². The van der Waals surface area contributed by atoms with Crippen molar-refractivity contribution in [2.45, 2.75) is 44.1 Å². The van der Waals surface area contributed by atoms with Crippen molar-refractivity contribution in [3.8, 4) is 0 Å². The van der Waals surface area contributed by atoms with Crippen molar-refractivity contribution in [2.75, 3.05) is 13.6 Å². The molecule has 20 heavy (non-hydrogen) atoms. The van der Waals surface area contributed by atoms with Gasteiger partial charge in [-0.1, -0.05) is 24.1 Å². The van der Waals surface area contributed by atoms with E-state index in [1.807, 2.05) is 26.0 Å². The lowest BCUT2D eigenvalue weighted by molar-refractivity contribution is 0.123. The average molecular weight is 297 g/mol. The summed E-state index contributed by atoms with van der Waals surface area (Å²) >= 11 is 0. The van der Waals surface area contributed by atoms with Crippen LogP contribution in [-0.4, -0.2) is 37.5 Å². The van der Waals surface area contributed by atoms with Crippen LogP contribution >= 0.6 is 0 Å². The first kappa shape index (κ1) is 15.5. The molecule has 0 saturated heterocycles. The summed E-state index contributed by atoms with van der Waals surface area (Å²) in [6.45, 7) is 4.15. The highest BCUT2D eigenvalue weighted by molar-refractivity contribution is 7.89. The summed E-state index contributed by atoms with van der Waals surface area (Å²) in [5.74, 6) is 0.0560. The molecule has 2 atom stereocenters. The standard InChI is InChI=1S/C15H23NO3S/c1-11-7-8-15(12(2)9-11)20(18,19)16(3)10-13-5-4-6-14(13)17/h7-9,13-14,17H,4-6,10H2,1-3H3. The minimum atomic E-state index is -3.48. The number of nitrogens with zero attached hydrogens (tertiary/aromatic N) is 1. The van der Waals surface area contributed by atoms with Gasteiger partial charge in [0.2, 0.25) is 10.0 Å². The van der Waals surface area contributed by atoms with Crippen molar-refractivity contribution < 1.29 is 13.5 Å². The largest absolute Gasteiger partial charge is 0.393 e. The Kier molecular flexibility index (Phi) is 4.52. The molecule has 0 radical (unpaired) electrons. The van der Waals surface area contributed by atoms with Crippen LogP contribution in [0.1, 0.15) is 30.4 Å². The third-order valence-electron chi connectivity index (χ3n) is 4.13. The first-order valence-corrected chi connectivity index (χ1v) is 8.48. The number of hydrogen-bond acceptors (Lipinski definition) is 3. The minimum absolute atomic E-state index is 0.0560. The van der Waals surface area contributed by atoms with Crippen molar-refractivity contribution in [3.63, 3.8) is 0 Å². The topological polar surface area (TPSA) is 57.6 Å².